The van der Waals surface area contributed by atoms with Crippen LogP contribution in [0.5, 0.6) is 0 Å². The molecule has 0 spiro atoms. The first-order valence-electron chi connectivity index (χ1n) is 9.55. The number of benzene rings is 1. The fourth-order valence-electron chi connectivity index (χ4n) is 3.97. The average Bonchev–Trinajstić information content (AvgIpc) is 3.07. The maximum absolute atomic E-state index is 12.9. The molecule has 0 unspecified atom stereocenters. The molecule has 0 atom stereocenters. The van der Waals surface area contributed by atoms with Crippen molar-refractivity contribution in [3.63, 3.8) is 0 Å². The second-order valence-electron chi connectivity index (χ2n) is 7.74. The quantitative estimate of drug-likeness (QED) is 0.591. The van der Waals surface area contributed by atoms with Crippen LogP contribution in [0.15, 0.2) is 47.5 Å². The lowest BCUT2D eigenvalue weighted by Crippen LogP contribution is -2.14. The molecule has 1 aliphatic carbocycles. The van der Waals surface area contributed by atoms with Gasteiger partial charge >= 0.3 is 6.18 Å². The van der Waals surface area contributed by atoms with Gasteiger partial charge in [0, 0.05) is 12.5 Å². The molecule has 0 saturated carbocycles. The van der Waals surface area contributed by atoms with Gasteiger partial charge in [-0.3, -0.25) is 4.98 Å². The lowest BCUT2D eigenvalue weighted by molar-refractivity contribution is -0.141. The fourth-order valence-corrected chi connectivity index (χ4v) is 4.60. The maximum atomic E-state index is 12.9. The molecule has 3 nitrogen and oxygen atoms in total. The highest BCUT2D eigenvalue weighted by Crippen LogP contribution is 2.53. The predicted octanol–water partition coefficient (Wildman–Crippen LogP) is 6.01. The van der Waals surface area contributed by atoms with Gasteiger partial charge in [0.05, 0.1) is 4.90 Å². The van der Waals surface area contributed by atoms with E-state index < -0.39 is 21.7 Å². The molecule has 7 heteroatoms. The van der Waals surface area contributed by atoms with E-state index in [4.69, 9.17) is 0 Å². The Morgan fingerprint density at radius 3 is 1.86 bits per heavy atom. The fraction of sp³-hybridized carbons (Fsp3) is 0.409. The molecule has 0 N–H and O–H groups in total. The molecular formula is C22H24F3NO2S. The topological polar surface area (TPSA) is 47.0 Å². The van der Waals surface area contributed by atoms with E-state index in [9.17, 15) is 21.6 Å². The van der Waals surface area contributed by atoms with Gasteiger partial charge in [-0.1, -0.05) is 32.0 Å². The Morgan fingerprint density at radius 1 is 0.931 bits per heavy atom. The van der Waals surface area contributed by atoms with Crippen LogP contribution < -0.4 is 0 Å². The summed E-state index contributed by atoms with van der Waals surface area (Å²) < 4.78 is 62.1. The summed E-state index contributed by atoms with van der Waals surface area (Å²) in [6.45, 7) is 4.25. The summed E-state index contributed by atoms with van der Waals surface area (Å²) in [7, 11) is -3.29. The molecule has 29 heavy (non-hydrogen) atoms. The van der Waals surface area contributed by atoms with Crippen LogP contribution in [0.25, 0.3) is 11.1 Å². The summed E-state index contributed by atoms with van der Waals surface area (Å²) in [6.07, 6.45) is 1.45. The highest BCUT2D eigenvalue weighted by molar-refractivity contribution is 7.90. The molecule has 0 bridgehead atoms. The van der Waals surface area contributed by atoms with Gasteiger partial charge in [-0.25, -0.2) is 8.42 Å². The number of aromatic nitrogens is 1. The van der Waals surface area contributed by atoms with E-state index in [1.54, 1.807) is 24.3 Å². The van der Waals surface area contributed by atoms with Crippen LogP contribution in [0.2, 0.25) is 0 Å². The molecule has 0 radical (unpaired) electrons. The van der Waals surface area contributed by atoms with Crippen molar-refractivity contribution < 1.29 is 21.6 Å². The first-order valence-corrected chi connectivity index (χ1v) is 11.4. The van der Waals surface area contributed by atoms with E-state index >= 15 is 0 Å². The van der Waals surface area contributed by atoms with Gasteiger partial charge in [0.2, 0.25) is 0 Å². The Balaban J connectivity index is 2.08. The molecule has 3 rings (SSSR count). The minimum atomic E-state index is -4.47. The van der Waals surface area contributed by atoms with Gasteiger partial charge in [0.25, 0.3) is 0 Å². The van der Waals surface area contributed by atoms with Gasteiger partial charge in [0.1, 0.15) is 5.69 Å². The van der Waals surface area contributed by atoms with Crippen molar-refractivity contribution >= 4 is 21.0 Å². The van der Waals surface area contributed by atoms with Gasteiger partial charge in [-0.05, 0) is 71.6 Å². The van der Waals surface area contributed by atoms with Crippen molar-refractivity contribution in [3.8, 4) is 0 Å². The number of sulfone groups is 1. The maximum Gasteiger partial charge on any atom is 0.433 e. The molecule has 2 aromatic rings. The summed E-state index contributed by atoms with van der Waals surface area (Å²) in [5, 5.41) is 0. The predicted molar refractivity (Wildman–Crippen MR) is 108 cm³/mol. The van der Waals surface area contributed by atoms with Gasteiger partial charge < -0.3 is 0 Å². The molecule has 1 heterocycles. The average molecular weight is 424 g/mol. The third-order valence-corrected chi connectivity index (χ3v) is 7.13. The molecule has 1 aromatic carbocycles. The summed E-state index contributed by atoms with van der Waals surface area (Å²) in [4.78, 5) is 3.88. The third-order valence-electron chi connectivity index (χ3n) is 6.00. The minimum absolute atomic E-state index is 0.0445. The number of nitrogens with zero attached hydrogens (tertiary/aromatic N) is 1. The Labute approximate surface area is 169 Å². The number of halogens is 3. The molecule has 0 saturated heterocycles. The van der Waals surface area contributed by atoms with E-state index in [1.807, 2.05) is 0 Å². The Hall–Kier alpha value is -2.15. The number of allylic oxidation sites excluding steroid dienone is 2. The summed E-state index contributed by atoms with van der Waals surface area (Å²) in [5.74, 6) is 0. The highest BCUT2D eigenvalue weighted by Gasteiger charge is 2.37. The molecular weight excluding hydrogens is 399 g/mol. The smallest absolute Gasteiger partial charge is 0.251 e. The van der Waals surface area contributed by atoms with Crippen LogP contribution >= 0.6 is 0 Å². The summed E-state index contributed by atoms with van der Waals surface area (Å²) in [6, 6.07) is 9.23. The Kier molecular flexibility index (Phi) is 5.64. The van der Waals surface area contributed by atoms with Crippen molar-refractivity contribution in [2.75, 3.05) is 6.26 Å². The van der Waals surface area contributed by atoms with Gasteiger partial charge in [-0.15, -0.1) is 0 Å². The van der Waals surface area contributed by atoms with Crippen molar-refractivity contribution in [3.05, 3.63) is 59.4 Å². The van der Waals surface area contributed by atoms with Crippen molar-refractivity contribution in [2.24, 2.45) is 5.41 Å². The SMILES string of the molecule is CCC1(CC)CC(c2ccc(S(C)(=O)=O)cc2)=C(c2ccc(C(F)(F)F)nc2)C1. The van der Waals surface area contributed by atoms with E-state index in [0.29, 0.717) is 5.56 Å². The molecule has 0 amide bonds. The van der Waals surface area contributed by atoms with Crippen molar-refractivity contribution in [1.29, 1.82) is 0 Å². The second kappa shape index (κ2) is 7.59. The van der Waals surface area contributed by atoms with E-state index in [0.717, 1.165) is 54.7 Å². The first kappa shape index (κ1) is 21.6. The number of hydrogen-bond acceptors (Lipinski definition) is 3. The standard InChI is InChI=1S/C22H24F3NO2S/c1-4-21(5-2)12-18(15-6-9-17(10-7-15)29(3,27)28)19(13-21)16-8-11-20(26-14-16)22(23,24)25/h6-11,14H,4-5,12-13H2,1-3H3. The van der Waals surface area contributed by atoms with Crippen LogP contribution in [-0.2, 0) is 16.0 Å². The monoisotopic (exact) mass is 423 g/mol. The Bertz CT molecular complexity index is 1020. The molecule has 0 fully saturated rings. The highest BCUT2D eigenvalue weighted by atomic mass is 32.2. The zero-order valence-electron chi connectivity index (χ0n) is 16.7. The zero-order chi connectivity index (χ0) is 21.4. The van der Waals surface area contributed by atoms with Crippen LogP contribution in [0, 0.1) is 5.41 Å². The first-order chi connectivity index (χ1) is 13.5. The number of hydrogen-bond donors (Lipinski definition) is 0. The summed E-state index contributed by atoms with van der Waals surface area (Å²) in [5.41, 5.74) is 2.76. The number of rotatable bonds is 5. The molecule has 0 aliphatic heterocycles. The molecule has 1 aromatic heterocycles. The second-order valence-corrected chi connectivity index (χ2v) is 9.76. The lowest BCUT2D eigenvalue weighted by Gasteiger charge is -2.26. The van der Waals surface area contributed by atoms with Crippen molar-refractivity contribution in [2.45, 2.75) is 50.6 Å². The van der Waals surface area contributed by atoms with E-state index in [1.165, 1.54) is 12.3 Å². The van der Waals surface area contributed by atoms with Crippen LogP contribution in [0.4, 0.5) is 13.2 Å². The molecule has 156 valence electrons. The lowest BCUT2D eigenvalue weighted by atomic mass is 9.78. The van der Waals surface area contributed by atoms with Gasteiger partial charge in [0.15, 0.2) is 9.84 Å². The largest absolute Gasteiger partial charge is 0.433 e. The van der Waals surface area contributed by atoms with Crippen molar-refractivity contribution in [1.82, 2.24) is 4.98 Å². The van der Waals surface area contributed by atoms with Crippen LogP contribution in [0.1, 0.15) is 56.4 Å². The molecule has 1 aliphatic rings. The zero-order valence-corrected chi connectivity index (χ0v) is 17.5. The van der Waals surface area contributed by atoms with Crippen LogP contribution in [-0.4, -0.2) is 19.7 Å². The van der Waals surface area contributed by atoms with E-state index in [-0.39, 0.29) is 10.3 Å². The number of pyridine rings is 1. The van der Waals surface area contributed by atoms with E-state index in [2.05, 4.69) is 18.8 Å². The number of alkyl halides is 3. The van der Waals surface area contributed by atoms with Gasteiger partial charge in [-0.2, -0.15) is 13.2 Å². The Morgan fingerprint density at radius 2 is 1.45 bits per heavy atom. The summed E-state index contributed by atoms with van der Waals surface area (Å²) >= 11 is 0. The third kappa shape index (κ3) is 4.39. The minimum Gasteiger partial charge on any atom is -0.251 e. The van der Waals surface area contributed by atoms with Crippen LogP contribution in [0.3, 0.4) is 0 Å². The normalized spacial score (nSPS) is 17.0.